The van der Waals surface area contributed by atoms with Crippen molar-refractivity contribution in [2.45, 2.75) is 38.8 Å². The van der Waals surface area contributed by atoms with E-state index in [0.717, 1.165) is 38.3 Å². The van der Waals surface area contributed by atoms with E-state index in [2.05, 4.69) is 36.1 Å². The average molecular weight is 311 g/mol. The molecule has 23 heavy (non-hydrogen) atoms. The summed E-state index contributed by atoms with van der Waals surface area (Å²) in [7, 11) is 1.86. The van der Waals surface area contributed by atoms with Gasteiger partial charge in [-0.1, -0.05) is 29.8 Å². The van der Waals surface area contributed by atoms with E-state index in [0.29, 0.717) is 11.8 Å². The Morgan fingerprint density at radius 1 is 1.22 bits per heavy atom. The molecule has 122 valence electrons. The molecule has 2 aliphatic heterocycles. The lowest BCUT2D eigenvalue weighted by Crippen LogP contribution is -2.45. The van der Waals surface area contributed by atoms with E-state index in [1.807, 2.05) is 14.0 Å². The topological polar surface area (TPSA) is 35.9 Å². The molecule has 0 unspecified atom stereocenters. The summed E-state index contributed by atoms with van der Waals surface area (Å²) in [4.78, 5) is 21.9. The van der Waals surface area contributed by atoms with Gasteiger partial charge in [0.15, 0.2) is 0 Å². The van der Waals surface area contributed by atoms with E-state index in [1.54, 1.807) is 4.90 Å². The number of amides is 1. The summed E-state index contributed by atoms with van der Waals surface area (Å²) < 4.78 is 0. The Balaban J connectivity index is 1.52. The second-order valence-electron chi connectivity index (χ2n) is 7.53. The number of benzene rings is 1. The van der Waals surface area contributed by atoms with Crippen LogP contribution in [0.4, 0.5) is 0 Å². The maximum Gasteiger partial charge on any atom is 0.255 e. The Morgan fingerprint density at radius 2 is 1.96 bits per heavy atom. The minimum atomic E-state index is -0.453. The minimum Gasteiger partial charge on any atom is -0.302 e. The van der Waals surface area contributed by atoms with E-state index in [-0.39, 0.29) is 5.91 Å². The normalized spacial score (nSPS) is 33.6. The predicted molar refractivity (Wildman–Crippen MR) is 91.3 cm³/mol. The van der Waals surface area contributed by atoms with Crippen LogP contribution in [0.3, 0.4) is 0 Å². The molecule has 2 fully saturated rings. The van der Waals surface area contributed by atoms with Gasteiger partial charge >= 0.3 is 0 Å². The number of rotatable bonds is 2. The Bertz CT molecular complexity index is 666. The first kappa shape index (κ1) is 14.9. The van der Waals surface area contributed by atoms with Crippen LogP contribution in [0.5, 0.6) is 0 Å². The summed E-state index contributed by atoms with van der Waals surface area (Å²) in [5.74, 6) is 2.11. The number of carbonyl (C=O) groups excluding carboxylic acids is 1. The first-order valence-electron chi connectivity index (χ1n) is 8.62. The summed E-state index contributed by atoms with van der Waals surface area (Å²) in [6.45, 7) is 7.16. The molecule has 1 saturated carbocycles. The number of carbonyl (C=O) groups is 1. The summed E-state index contributed by atoms with van der Waals surface area (Å²) in [5, 5.41) is 0. The van der Waals surface area contributed by atoms with Crippen molar-refractivity contribution in [2.75, 3.05) is 20.1 Å². The zero-order valence-electron chi connectivity index (χ0n) is 14.2. The molecule has 0 N–H and O–H groups in total. The molecule has 1 aromatic rings. The van der Waals surface area contributed by atoms with Crippen LogP contribution in [0.1, 0.15) is 30.9 Å². The van der Waals surface area contributed by atoms with E-state index in [9.17, 15) is 4.79 Å². The van der Waals surface area contributed by atoms with E-state index in [1.165, 1.54) is 11.1 Å². The molecular formula is C19H25N3O. The number of fused-ring (bicyclic) bond motifs is 2. The average Bonchev–Trinajstić information content (AvgIpc) is 3.14. The quantitative estimate of drug-likeness (QED) is 0.841. The molecule has 1 spiro atoms. The van der Waals surface area contributed by atoms with Gasteiger partial charge in [0.05, 0.1) is 0 Å². The monoisotopic (exact) mass is 311 g/mol. The van der Waals surface area contributed by atoms with Crippen LogP contribution in [0.25, 0.3) is 0 Å². The number of nitrogens with zero attached hydrogens (tertiary/aromatic N) is 3. The van der Waals surface area contributed by atoms with Crippen molar-refractivity contribution >= 4 is 11.7 Å². The summed E-state index contributed by atoms with van der Waals surface area (Å²) >= 11 is 0. The highest BCUT2D eigenvalue weighted by molar-refractivity contribution is 6.07. The van der Waals surface area contributed by atoms with E-state index in [4.69, 9.17) is 4.99 Å². The third-order valence-electron chi connectivity index (χ3n) is 6.07. The van der Waals surface area contributed by atoms with Crippen molar-refractivity contribution in [3.63, 3.8) is 0 Å². The molecule has 4 rings (SSSR count). The van der Waals surface area contributed by atoms with Gasteiger partial charge in [-0.25, -0.2) is 0 Å². The van der Waals surface area contributed by atoms with Crippen molar-refractivity contribution in [3.05, 3.63) is 35.4 Å². The van der Waals surface area contributed by atoms with Crippen LogP contribution < -0.4 is 0 Å². The lowest BCUT2D eigenvalue weighted by atomic mass is 9.85. The Labute approximate surface area is 138 Å². The number of hydrogen-bond acceptors (Lipinski definition) is 3. The second-order valence-corrected chi connectivity index (χ2v) is 7.53. The van der Waals surface area contributed by atoms with Crippen molar-refractivity contribution in [1.29, 1.82) is 0 Å². The molecule has 0 bridgehead atoms. The van der Waals surface area contributed by atoms with E-state index >= 15 is 0 Å². The van der Waals surface area contributed by atoms with Gasteiger partial charge in [0.2, 0.25) is 0 Å². The minimum absolute atomic E-state index is 0.222. The molecule has 3 aliphatic rings. The lowest BCUT2D eigenvalue weighted by Gasteiger charge is -2.27. The van der Waals surface area contributed by atoms with Crippen molar-refractivity contribution < 1.29 is 4.79 Å². The fourth-order valence-electron chi connectivity index (χ4n) is 4.72. The Morgan fingerprint density at radius 3 is 2.61 bits per heavy atom. The third-order valence-corrected chi connectivity index (χ3v) is 6.07. The van der Waals surface area contributed by atoms with Gasteiger partial charge in [-0.2, -0.15) is 0 Å². The molecule has 0 aromatic heterocycles. The van der Waals surface area contributed by atoms with Gasteiger partial charge in [-0.15, -0.1) is 0 Å². The summed E-state index contributed by atoms with van der Waals surface area (Å²) in [6, 6.07) is 8.79. The number of aliphatic imine (C=N–C) groups is 1. The van der Waals surface area contributed by atoms with Gasteiger partial charge in [-0.3, -0.25) is 14.7 Å². The SMILES string of the molecule is CC1=N[C@@]2(CC[C@@H]3CN(Cc4ccc(C)cc4)C[C@@H]32)C(=O)N1C. The number of hydrogen-bond donors (Lipinski definition) is 0. The van der Waals surface area contributed by atoms with E-state index < -0.39 is 5.54 Å². The smallest absolute Gasteiger partial charge is 0.255 e. The zero-order valence-corrected chi connectivity index (χ0v) is 14.2. The number of likely N-dealkylation sites (tertiary alicyclic amines) is 1. The molecule has 1 aliphatic carbocycles. The standard InChI is InChI=1S/C19H25N3O/c1-13-4-6-15(7-5-13)10-22-11-16-8-9-19(17(16)12-22)18(23)21(3)14(2)20-19/h4-7,16-17H,8-12H2,1-3H3/t16-,17+,19-/m1/s1. The molecule has 2 heterocycles. The van der Waals surface area contributed by atoms with Crippen molar-refractivity contribution in [1.82, 2.24) is 9.80 Å². The Kier molecular flexibility index (Phi) is 3.34. The largest absolute Gasteiger partial charge is 0.302 e. The number of aryl methyl sites for hydroxylation is 1. The van der Waals surface area contributed by atoms with Crippen LogP contribution in [0.2, 0.25) is 0 Å². The highest BCUT2D eigenvalue weighted by Crippen LogP contribution is 2.50. The molecule has 4 heteroatoms. The first-order chi connectivity index (χ1) is 11.0. The van der Waals surface area contributed by atoms with Gasteiger partial charge in [0.1, 0.15) is 11.4 Å². The number of likely N-dealkylation sites (N-methyl/N-ethyl adjacent to an activating group) is 1. The Hall–Kier alpha value is -1.68. The van der Waals surface area contributed by atoms with Crippen LogP contribution in [0.15, 0.2) is 29.3 Å². The van der Waals surface area contributed by atoms with Crippen LogP contribution >= 0.6 is 0 Å². The summed E-state index contributed by atoms with van der Waals surface area (Å²) in [5.41, 5.74) is 2.21. The highest BCUT2D eigenvalue weighted by Gasteiger charge is 2.59. The molecular weight excluding hydrogens is 286 g/mol. The highest BCUT2D eigenvalue weighted by atomic mass is 16.2. The molecule has 4 nitrogen and oxygen atoms in total. The second kappa shape index (κ2) is 5.17. The summed E-state index contributed by atoms with van der Waals surface area (Å²) in [6.07, 6.45) is 2.06. The third kappa shape index (κ3) is 2.23. The first-order valence-corrected chi connectivity index (χ1v) is 8.62. The zero-order chi connectivity index (χ0) is 16.2. The van der Waals surface area contributed by atoms with Crippen LogP contribution in [-0.2, 0) is 11.3 Å². The fourth-order valence-corrected chi connectivity index (χ4v) is 4.72. The van der Waals surface area contributed by atoms with Crippen molar-refractivity contribution in [3.8, 4) is 0 Å². The van der Waals surface area contributed by atoms with Gasteiger partial charge in [0, 0.05) is 32.6 Å². The lowest BCUT2D eigenvalue weighted by molar-refractivity contribution is -0.131. The molecule has 0 radical (unpaired) electrons. The molecule has 1 amide bonds. The molecule has 1 saturated heterocycles. The fraction of sp³-hybridized carbons (Fsp3) is 0.579. The van der Waals surface area contributed by atoms with Crippen LogP contribution in [0, 0.1) is 18.8 Å². The molecule has 1 aromatic carbocycles. The maximum absolute atomic E-state index is 12.8. The van der Waals surface area contributed by atoms with Gasteiger partial charge in [0.25, 0.3) is 5.91 Å². The number of amidine groups is 1. The van der Waals surface area contributed by atoms with Crippen LogP contribution in [-0.4, -0.2) is 47.2 Å². The predicted octanol–water partition coefficient (Wildman–Crippen LogP) is 2.47. The van der Waals surface area contributed by atoms with Crippen molar-refractivity contribution in [2.24, 2.45) is 16.8 Å². The van der Waals surface area contributed by atoms with Gasteiger partial charge in [-0.05, 0) is 38.2 Å². The van der Waals surface area contributed by atoms with Gasteiger partial charge < -0.3 is 4.90 Å². The maximum atomic E-state index is 12.8. The molecule has 3 atom stereocenters.